The zero-order valence-corrected chi connectivity index (χ0v) is 13.7. The Hall–Kier alpha value is -2.59. The second-order valence-electron chi connectivity index (χ2n) is 5.49. The van der Waals surface area contributed by atoms with Gasteiger partial charge in [0.2, 0.25) is 0 Å². The van der Waals surface area contributed by atoms with E-state index in [9.17, 15) is 0 Å². The monoisotopic (exact) mass is 319 g/mol. The number of benzene rings is 2. The number of hydrogen-bond donors (Lipinski definition) is 2. The summed E-state index contributed by atoms with van der Waals surface area (Å²) in [7, 11) is 0. The zero-order chi connectivity index (χ0) is 15.8. The molecule has 0 aliphatic rings. The molecule has 2 aromatic heterocycles. The highest BCUT2D eigenvalue weighted by molar-refractivity contribution is 7.19. The van der Waals surface area contributed by atoms with Gasteiger partial charge in [0.1, 0.15) is 0 Å². The molecule has 0 amide bonds. The molecule has 114 valence electrons. The minimum atomic E-state index is 0.597. The molecule has 0 atom stereocenters. The lowest BCUT2D eigenvalue weighted by Gasteiger charge is -2.03. The first-order valence-electron chi connectivity index (χ1n) is 7.69. The Morgan fingerprint density at radius 2 is 1.91 bits per heavy atom. The van der Waals surface area contributed by atoms with Crippen LogP contribution < -0.4 is 5.73 Å². The summed E-state index contributed by atoms with van der Waals surface area (Å²) in [5.41, 5.74) is 11.7. The van der Waals surface area contributed by atoms with Crippen molar-refractivity contribution in [3.05, 3.63) is 60.3 Å². The number of thiazole rings is 1. The lowest BCUT2D eigenvalue weighted by atomic mass is 10.0. The van der Waals surface area contributed by atoms with E-state index < -0.39 is 0 Å². The fourth-order valence-electron chi connectivity index (χ4n) is 3.01. The Morgan fingerprint density at radius 1 is 1.09 bits per heavy atom. The number of nitrogens with two attached hydrogens (primary N) is 1. The van der Waals surface area contributed by atoms with Crippen LogP contribution in [-0.4, -0.2) is 9.97 Å². The lowest BCUT2D eigenvalue weighted by molar-refractivity contribution is 1.15. The standard InChI is InChI=1S/C19H17N3S/c1-2-12-9-6-10-14-15(11-21-16(12)14)17-18(23-19(20)22-17)13-7-4-3-5-8-13/h3-11,21H,2H2,1H3,(H2,20,22). The Bertz CT molecular complexity index is 967. The summed E-state index contributed by atoms with van der Waals surface area (Å²) in [6.45, 7) is 2.17. The van der Waals surface area contributed by atoms with Crippen LogP contribution >= 0.6 is 11.3 Å². The van der Waals surface area contributed by atoms with Gasteiger partial charge in [-0.1, -0.05) is 66.8 Å². The summed E-state index contributed by atoms with van der Waals surface area (Å²) in [5, 5.41) is 1.80. The number of nitrogens with zero attached hydrogens (tertiary/aromatic N) is 1. The van der Waals surface area contributed by atoms with Crippen LogP contribution in [0, 0.1) is 0 Å². The lowest BCUT2D eigenvalue weighted by Crippen LogP contribution is -1.84. The number of anilines is 1. The van der Waals surface area contributed by atoms with Crippen LogP contribution in [0.2, 0.25) is 0 Å². The van der Waals surface area contributed by atoms with Crippen molar-refractivity contribution in [1.29, 1.82) is 0 Å². The van der Waals surface area contributed by atoms with E-state index in [2.05, 4.69) is 47.2 Å². The predicted molar refractivity (Wildman–Crippen MR) is 98.6 cm³/mol. The minimum Gasteiger partial charge on any atom is -0.375 e. The Balaban J connectivity index is 1.96. The fraction of sp³-hybridized carbons (Fsp3) is 0.105. The highest BCUT2D eigenvalue weighted by atomic mass is 32.1. The fourth-order valence-corrected chi connectivity index (χ4v) is 3.86. The van der Waals surface area contributed by atoms with Gasteiger partial charge in [-0.2, -0.15) is 0 Å². The largest absolute Gasteiger partial charge is 0.375 e. The molecule has 3 N–H and O–H groups in total. The molecule has 2 aromatic carbocycles. The number of rotatable bonds is 3. The number of H-pyrrole nitrogens is 1. The number of para-hydroxylation sites is 1. The van der Waals surface area contributed by atoms with Crippen molar-refractivity contribution in [3.63, 3.8) is 0 Å². The molecule has 0 radical (unpaired) electrons. The van der Waals surface area contributed by atoms with Crippen LogP contribution in [-0.2, 0) is 6.42 Å². The molecular formula is C19H17N3S. The Labute approximate surface area is 138 Å². The van der Waals surface area contributed by atoms with Crippen LogP contribution in [0.25, 0.3) is 32.6 Å². The number of aromatic amines is 1. The van der Waals surface area contributed by atoms with Gasteiger partial charge in [-0.25, -0.2) is 4.98 Å². The van der Waals surface area contributed by atoms with Crippen molar-refractivity contribution in [2.75, 3.05) is 5.73 Å². The number of fused-ring (bicyclic) bond motifs is 1. The first-order valence-corrected chi connectivity index (χ1v) is 8.50. The van der Waals surface area contributed by atoms with Crippen molar-refractivity contribution in [2.45, 2.75) is 13.3 Å². The van der Waals surface area contributed by atoms with Gasteiger partial charge in [0.25, 0.3) is 0 Å². The molecule has 0 bridgehead atoms. The number of nitrogens with one attached hydrogen (secondary N) is 1. The maximum Gasteiger partial charge on any atom is 0.181 e. The molecule has 0 saturated heterocycles. The average Bonchev–Trinajstić information content (AvgIpc) is 3.18. The quantitative estimate of drug-likeness (QED) is 0.552. The van der Waals surface area contributed by atoms with Crippen LogP contribution in [0.3, 0.4) is 0 Å². The number of aromatic nitrogens is 2. The van der Waals surface area contributed by atoms with Crippen LogP contribution in [0.4, 0.5) is 5.13 Å². The van der Waals surface area contributed by atoms with E-state index in [0.29, 0.717) is 5.13 Å². The second-order valence-corrected chi connectivity index (χ2v) is 6.52. The number of hydrogen-bond acceptors (Lipinski definition) is 3. The molecule has 4 rings (SSSR count). The number of aryl methyl sites for hydroxylation is 1. The van der Waals surface area contributed by atoms with E-state index in [0.717, 1.165) is 28.1 Å². The van der Waals surface area contributed by atoms with Crippen molar-refractivity contribution in [1.82, 2.24) is 9.97 Å². The molecule has 23 heavy (non-hydrogen) atoms. The Morgan fingerprint density at radius 3 is 2.70 bits per heavy atom. The molecular weight excluding hydrogens is 302 g/mol. The summed E-state index contributed by atoms with van der Waals surface area (Å²) in [5.74, 6) is 0. The highest BCUT2D eigenvalue weighted by Crippen LogP contribution is 2.40. The topological polar surface area (TPSA) is 54.7 Å². The van der Waals surface area contributed by atoms with E-state index in [-0.39, 0.29) is 0 Å². The maximum absolute atomic E-state index is 6.02. The minimum absolute atomic E-state index is 0.597. The van der Waals surface area contributed by atoms with Gasteiger partial charge in [-0.05, 0) is 17.5 Å². The van der Waals surface area contributed by atoms with Gasteiger partial charge in [-0.3, -0.25) is 0 Å². The van der Waals surface area contributed by atoms with E-state index >= 15 is 0 Å². The van der Waals surface area contributed by atoms with Gasteiger partial charge < -0.3 is 10.7 Å². The number of nitrogen functional groups attached to an aromatic ring is 1. The molecule has 4 aromatic rings. The molecule has 0 saturated carbocycles. The molecule has 0 aliphatic carbocycles. The smallest absolute Gasteiger partial charge is 0.181 e. The first kappa shape index (κ1) is 14.0. The molecule has 3 nitrogen and oxygen atoms in total. The molecule has 0 fully saturated rings. The molecule has 0 unspecified atom stereocenters. The van der Waals surface area contributed by atoms with Crippen molar-refractivity contribution < 1.29 is 0 Å². The zero-order valence-electron chi connectivity index (χ0n) is 12.8. The second kappa shape index (κ2) is 5.56. The van der Waals surface area contributed by atoms with Gasteiger partial charge in [-0.15, -0.1) is 0 Å². The van der Waals surface area contributed by atoms with Gasteiger partial charge in [0, 0.05) is 22.7 Å². The van der Waals surface area contributed by atoms with Crippen LogP contribution in [0.15, 0.2) is 54.7 Å². The predicted octanol–water partition coefficient (Wildman–Crippen LogP) is 5.10. The summed E-state index contributed by atoms with van der Waals surface area (Å²) in [6, 6.07) is 16.7. The SMILES string of the molecule is CCc1cccc2c(-c3nc(N)sc3-c3ccccc3)c[nH]c12. The Kier molecular flexibility index (Phi) is 3.39. The normalized spacial score (nSPS) is 11.2. The average molecular weight is 319 g/mol. The molecule has 2 heterocycles. The summed E-state index contributed by atoms with van der Waals surface area (Å²) < 4.78 is 0. The van der Waals surface area contributed by atoms with E-state index in [1.54, 1.807) is 0 Å². The third-order valence-electron chi connectivity index (χ3n) is 4.12. The third kappa shape index (κ3) is 2.32. The van der Waals surface area contributed by atoms with Crippen molar-refractivity contribution in [3.8, 4) is 21.7 Å². The van der Waals surface area contributed by atoms with E-state index in [1.807, 2.05) is 24.4 Å². The maximum atomic E-state index is 6.02. The van der Waals surface area contributed by atoms with Crippen molar-refractivity contribution in [2.24, 2.45) is 0 Å². The van der Waals surface area contributed by atoms with Gasteiger partial charge in [0.05, 0.1) is 10.6 Å². The van der Waals surface area contributed by atoms with Crippen LogP contribution in [0.5, 0.6) is 0 Å². The highest BCUT2D eigenvalue weighted by Gasteiger charge is 2.17. The van der Waals surface area contributed by atoms with Gasteiger partial charge in [0.15, 0.2) is 5.13 Å². The summed E-state index contributed by atoms with van der Waals surface area (Å²) in [6.07, 6.45) is 3.05. The summed E-state index contributed by atoms with van der Waals surface area (Å²) >= 11 is 1.54. The van der Waals surface area contributed by atoms with Crippen molar-refractivity contribution >= 4 is 27.4 Å². The van der Waals surface area contributed by atoms with Gasteiger partial charge >= 0.3 is 0 Å². The molecule has 0 aliphatic heterocycles. The van der Waals surface area contributed by atoms with E-state index in [1.165, 1.54) is 27.8 Å². The first-order chi connectivity index (χ1) is 11.3. The van der Waals surface area contributed by atoms with E-state index in [4.69, 9.17) is 5.73 Å². The summed E-state index contributed by atoms with van der Waals surface area (Å²) in [4.78, 5) is 9.15. The third-order valence-corrected chi connectivity index (χ3v) is 5.05. The molecule has 0 spiro atoms. The molecule has 4 heteroatoms. The van der Waals surface area contributed by atoms with Crippen LogP contribution in [0.1, 0.15) is 12.5 Å².